The summed E-state index contributed by atoms with van der Waals surface area (Å²) in [6.07, 6.45) is 1.32. The number of aromatic carboxylic acids is 1. The van der Waals surface area contributed by atoms with E-state index in [0.29, 0.717) is 0 Å². The Labute approximate surface area is 85.6 Å². The van der Waals surface area contributed by atoms with Crippen LogP contribution in [-0.4, -0.2) is 11.1 Å². The van der Waals surface area contributed by atoms with Gasteiger partial charge in [0.1, 0.15) is 5.82 Å². The van der Waals surface area contributed by atoms with Crippen LogP contribution in [0.5, 0.6) is 0 Å². The summed E-state index contributed by atoms with van der Waals surface area (Å²) >= 11 is 5.64. The molecule has 0 radical (unpaired) electrons. The van der Waals surface area contributed by atoms with Crippen molar-refractivity contribution < 1.29 is 14.3 Å². The molecule has 0 heterocycles. The molecule has 0 amide bonds. The van der Waals surface area contributed by atoms with E-state index in [2.05, 4.69) is 6.58 Å². The van der Waals surface area contributed by atoms with Gasteiger partial charge in [0.2, 0.25) is 0 Å². The van der Waals surface area contributed by atoms with Crippen LogP contribution in [0.3, 0.4) is 0 Å². The molecule has 0 aliphatic carbocycles. The Balaban J connectivity index is 3.56. The molecule has 0 atom stereocenters. The van der Waals surface area contributed by atoms with Gasteiger partial charge in [-0.25, -0.2) is 9.18 Å². The zero-order valence-electron chi connectivity index (χ0n) is 7.47. The summed E-state index contributed by atoms with van der Waals surface area (Å²) in [5.41, 5.74) is 0.224. The number of carbonyl (C=O) groups is 1. The first-order chi connectivity index (χ1) is 6.49. The summed E-state index contributed by atoms with van der Waals surface area (Å²) in [4.78, 5) is 10.7. The zero-order valence-corrected chi connectivity index (χ0v) is 8.23. The summed E-state index contributed by atoms with van der Waals surface area (Å²) < 4.78 is 13.4. The topological polar surface area (TPSA) is 37.3 Å². The lowest BCUT2D eigenvalue weighted by Gasteiger charge is -2.06. The fourth-order valence-electron chi connectivity index (χ4n) is 1.11. The molecule has 0 unspecified atom stereocenters. The third kappa shape index (κ3) is 1.63. The number of hydrogen-bond donors (Lipinski definition) is 1. The maximum Gasteiger partial charge on any atom is 0.336 e. The third-order valence-corrected chi connectivity index (χ3v) is 2.31. The van der Waals surface area contributed by atoms with Crippen LogP contribution in [0.15, 0.2) is 12.6 Å². The van der Waals surface area contributed by atoms with E-state index in [1.165, 1.54) is 19.1 Å². The molecule has 2 nitrogen and oxygen atoms in total. The highest BCUT2D eigenvalue weighted by molar-refractivity contribution is 6.32. The average molecular weight is 215 g/mol. The fraction of sp³-hybridized carbons (Fsp3) is 0.100. The molecule has 74 valence electrons. The molecule has 1 rings (SSSR count). The minimum Gasteiger partial charge on any atom is -0.478 e. The van der Waals surface area contributed by atoms with Crippen molar-refractivity contribution in [1.29, 1.82) is 0 Å². The van der Waals surface area contributed by atoms with Crippen LogP contribution >= 0.6 is 11.6 Å². The quantitative estimate of drug-likeness (QED) is 0.821. The number of carboxylic acids is 1. The molecular formula is C10H8ClFO2. The van der Waals surface area contributed by atoms with Gasteiger partial charge in [-0.3, -0.25) is 0 Å². The van der Waals surface area contributed by atoms with E-state index in [1.54, 1.807) is 0 Å². The van der Waals surface area contributed by atoms with Crippen molar-refractivity contribution in [3.05, 3.63) is 40.2 Å². The van der Waals surface area contributed by atoms with Crippen LogP contribution < -0.4 is 0 Å². The Morgan fingerprint density at radius 1 is 1.71 bits per heavy atom. The molecule has 1 N–H and O–H groups in total. The smallest absolute Gasteiger partial charge is 0.336 e. The Kier molecular flexibility index (Phi) is 2.91. The highest BCUT2D eigenvalue weighted by Gasteiger charge is 2.16. The van der Waals surface area contributed by atoms with Gasteiger partial charge in [0.15, 0.2) is 0 Å². The van der Waals surface area contributed by atoms with Gasteiger partial charge in [-0.2, -0.15) is 0 Å². The number of carboxylic acid groups (broad SMARTS) is 1. The highest BCUT2D eigenvalue weighted by atomic mass is 35.5. The molecule has 0 aromatic heterocycles. The molecule has 0 aliphatic heterocycles. The lowest BCUT2D eigenvalue weighted by molar-refractivity contribution is 0.0695. The predicted octanol–water partition coefficient (Wildman–Crippen LogP) is 3.13. The van der Waals surface area contributed by atoms with Crippen LogP contribution in [0.4, 0.5) is 4.39 Å². The number of benzene rings is 1. The van der Waals surface area contributed by atoms with E-state index in [1.807, 2.05) is 0 Å². The molecule has 14 heavy (non-hydrogen) atoms. The van der Waals surface area contributed by atoms with Gasteiger partial charge in [-0.1, -0.05) is 24.3 Å². The van der Waals surface area contributed by atoms with E-state index >= 15 is 0 Å². The van der Waals surface area contributed by atoms with Crippen LogP contribution in [0.1, 0.15) is 21.5 Å². The molecule has 0 fully saturated rings. The Hall–Kier alpha value is -1.35. The lowest BCUT2D eigenvalue weighted by Crippen LogP contribution is -2.03. The van der Waals surface area contributed by atoms with Gasteiger partial charge in [-0.15, -0.1) is 0 Å². The van der Waals surface area contributed by atoms with E-state index in [-0.39, 0.29) is 21.7 Å². The number of hydrogen-bond acceptors (Lipinski definition) is 1. The summed E-state index contributed by atoms with van der Waals surface area (Å²) in [7, 11) is 0. The number of halogens is 2. The SMILES string of the molecule is C=Cc1cc(C(=O)O)c(C)c(F)c1Cl. The van der Waals surface area contributed by atoms with Crippen LogP contribution in [0.25, 0.3) is 6.08 Å². The van der Waals surface area contributed by atoms with Gasteiger partial charge in [0.05, 0.1) is 10.6 Å². The highest BCUT2D eigenvalue weighted by Crippen LogP contribution is 2.26. The maximum atomic E-state index is 13.4. The summed E-state index contributed by atoms with van der Waals surface area (Å²) in [6, 6.07) is 1.30. The maximum absolute atomic E-state index is 13.4. The summed E-state index contributed by atoms with van der Waals surface area (Å²) in [6.45, 7) is 4.79. The molecular weight excluding hydrogens is 207 g/mol. The molecule has 0 saturated carbocycles. The third-order valence-electron chi connectivity index (χ3n) is 1.93. The molecule has 0 spiro atoms. The minimum absolute atomic E-state index is 0.0353. The van der Waals surface area contributed by atoms with Gasteiger partial charge in [0, 0.05) is 5.56 Å². The van der Waals surface area contributed by atoms with Gasteiger partial charge in [0.25, 0.3) is 0 Å². The van der Waals surface area contributed by atoms with Gasteiger partial charge < -0.3 is 5.11 Å². The van der Waals surface area contributed by atoms with E-state index in [0.717, 1.165) is 0 Å². The van der Waals surface area contributed by atoms with Crippen LogP contribution in [-0.2, 0) is 0 Å². The molecule has 4 heteroatoms. The van der Waals surface area contributed by atoms with Crippen LogP contribution in [0.2, 0.25) is 5.02 Å². The second-order valence-corrected chi connectivity index (χ2v) is 3.15. The molecule has 1 aromatic rings. The lowest BCUT2D eigenvalue weighted by atomic mass is 10.0. The first-order valence-electron chi connectivity index (χ1n) is 3.83. The number of rotatable bonds is 2. The Morgan fingerprint density at radius 2 is 2.29 bits per heavy atom. The molecule has 0 bridgehead atoms. The Bertz CT molecular complexity index is 413. The van der Waals surface area contributed by atoms with Crippen molar-refractivity contribution in [1.82, 2.24) is 0 Å². The molecule has 1 aromatic carbocycles. The molecule has 0 aliphatic rings. The van der Waals surface area contributed by atoms with Crippen molar-refractivity contribution in [3.8, 4) is 0 Å². The largest absolute Gasteiger partial charge is 0.478 e. The van der Waals surface area contributed by atoms with Crippen molar-refractivity contribution in [2.45, 2.75) is 6.92 Å². The second kappa shape index (κ2) is 3.80. The standard InChI is InChI=1S/C10H8ClFO2/c1-3-6-4-7(10(13)14)5(2)9(12)8(6)11/h3-4H,1H2,2H3,(H,13,14). The van der Waals surface area contributed by atoms with E-state index in [9.17, 15) is 9.18 Å². The minimum atomic E-state index is -1.18. The van der Waals surface area contributed by atoms with E-state index in [4.69, 9.17) is 16.7 Å². The molecule has 0 saturated heterocycles. The van der Waals surface area contributed by atoms with Gasteiger partial charge >= 0.3 is 5.97 Å². The van der Waals surface area contributed by atoms with Crippen molar-refractivity contribution in [3.63, 3.8) is 0 Å². The van der Waals surface area contributed by atoms with Crippen molar-refractivity contribution in [2.24, 2.45) is 0 Å². The Morgan fingerprint density at radius 3 is 2.71 bits per heavy atom. The van der Waals surface area contributed by atoms with Crippen molar-refractivity contribution >= 4 is 23.6 Å². The zero-order chi connectivity index (χ0) is 10.9. The average Bonchev–Trinajstić information content (AvgIpc) is 2.14. The summed E-state index contributed by atoms with van der Waals surface area (Å²) in [5.74, 6) is -1.89. The monoisotopic (exact) mass is 214 g/mol. The van der Waals surface area contributed by atoms with E-state index < -0.39 is 11.8 Å². The first-order valence-corrected chi connectivity index (χ1v) is 4.21. The fourth-order valence-corrected chi connectivity index (χ4v) is 1.38. The van der Waals surface area contributed by atoms with Crippen molar-refractivity contribution in [2.75, 3.05) is 0 Å². The normalized spacial score (nSPS) is 9.93. The summed E-state index contributed by atoms with van der Waals surface area (Å²) in [5, 5.41) is 8.66. The predicted molar refractivity (Wildman–Crippen MR) is 53.2 cm³/mol. The second-order valence-electron chi connectivity index (χ2n) is 2.78. The van der Waals surface area contributed by atoms with Crippen LogP contribution in [0, 0.1) is 12.7 Å². The van der Waals surface area contributed by atoms with Gasteiger partial charge in [-0.05, 0) is 18.6 Å². The first kappa shape index (κ1) is 10.7.